The Morgan fingerprint density at radius 3 is 2.73 bits per heavy atom. The SMILES string of the molecule is CN(C(=O)c1cn[nH]n1)c1ccncc1. The average molecular weight is 203 g/mol. The van der Waals surface area contributed by atoms with Crippen molar-refractivity contribution in [2.75, 3.05) is 11.9 Å². The topological polar surface area (TPSA) is 74.8 Å². The van der Waals surface area contributed by atoms with E-state index in [4.69, 9.17) is 0 Å². The van der Waals surface area contributed by atoms with E-state index in [1.165, 1.54) is 11.1 Å². The third kappa shape index (κ3) is 1.83. The second-order valence-corrected chi connectivity index (χ2v) is 2.92. The lowest BCUT2D eigenvalue weighted by atomic mass is 10.3. The molecule has 0 aliphatic heterocycles. The van der Waals surface area contributed by atoms with Gasteiger partial charge in [-0.15, -0.1) is 0 Å². The summed E-state index contributed by atoms with van der Waals surface area (Å²) in [5.41, 5.74) is 1.05. The molecule has 0 bridgehead atoms. The van der Waals surface area contributed by atoms with E-state index in [2.05, 4.69) is 20.4 Å². The Bertz CT molecular complexity index is 439. The van der Waals surface area contributed by atoms with Gasteiger partial charge in [0.2, 0.25) is 0 Å². The predicted octanol–water partition coefficient (Wildman–Crippen LogP) is 0.476. The maximum Gasteiger partial charge on any atom is 0.280 e. The molecule has 0 spiro atoms. The van der Waals surface area contributed by atoms with Gasteiger partial charge >= 0.3 is 0 Å². The van der Waals surface area contributed by atoms with Gasteiger partial charge in [-0.3, -0.25) is 9.78 Å². The summed E-state index contributed by atoms with van der Waals surface area (Å²) in [7, 11) is 1.67. The summed E-state index contributed by atoms with van der Waals surface area (Å²) in [6.45, 7) is 0. The lowest BCUT2D eigenvalue weighted by Gasteiger charge is -2.14. The van der Waals surface area contributed by atoms with Crippen molar-refractivity contribution in [1.82, 2.24) is 20.4 Å². The normalized spacial score (nSPS) is 9.93. The third-order valence-electron chi connectivity index (χ3n) is 1.99. The molecule has 1 amide bonds. The summed E-state index contributed by atoms with van der Waals surface area (Å²) in [4.78, 5) is 17.2. The van der Waals surface area contributed by atoms with Crippen LogP contribution in [0, 0.1) is 0 Å². The maximum absolute atomic E-state index is 11.8. The molecule has 0 saturated carbocycles. The fourth-order valence-electron chi connectivity index (χ4n) is 1.16. The summed E-state index contributed by atoms with van der Waals surface area (Å²) in [6.07, 6.45) is 4.64. The molecule has 0 atom stereocenters. The van der Waals surface area contributed by atoms with E-state index in [9.17, 15) is 4.79 Å². The van der Waals surface area contributed by atoms with E-state index < -0.39 is 0 Å². The number of hydrogen-bond acceptors (Lipinski definition) is 4. The molecule has 15 heavy (non-hydrogen) atoms. The summed E-state index contributed by atoms with van der Waals surface area (Å²) in [5.74, 6) is -0.213. The van der Waals surface area contributed by atoms with Crippen LogP contribution in [0.15, 0.2) is 30.7 Å². The van der Waals surface area contributed by atoms with Crippen LogP contribution in [0.4, 0.5) is 5.69 Å². The standard InChI is InChI=1S/C9H9N5O/c1-14(7-2-4-10-5-3-7)9(15)8-6-11-13-12-8/h2-6H,1H3,(H,11,12,13). The smallest absolute Gasteiger partial charge is 0.280 e. The number of nitrogens with zero attached hydrogens (tertiary/aromatic N) is 4. The number of amides is 1. The van der Waals surface area contributed by atoms with Crippen molar-refractivity contribution in [2.45, 2.75) is 0 Å². The highest BCUT2D eigenvalue weighted by molar-refractivity contribution is 6.04. The van der Waals surface area contributed by atoms with E-state index in [0.717, 1.165) is 5.69 Å². The molecule has 0 aliphatic carbocycles. The molecule has 0 radical (unpaired) electrons. The van der Waals surface area contributed by atoms with Gasteiger partial charge in [-0.1, -0.05) is 0 Å². The molecule has 6 nitrogen and oxygen atoms in total. The van der Waals surface area contributed by atoms with Gasteiger partial charge in [0.1, 0.15) is 0 Å². The molecule has 2 rings (SSSR count). The van der Waals surface area contributed by atoms with Crippen LogP contribution in [0.2, 0.25) is 0 Å². The number of anilines is 1. The van der Waals surface area contributed by atoms with Crippen molar-refractivity contribution >= 4 is 11.6 Å². The van der Waals surface area contributed by atoms with Crippen molar-refractivity contribution in [3.8, 4) is 0 Å². The van der Waals surface area contributed by atoms with Gasteiger partial charge in [0.05, 0.1) is 6.20 Å². The molecule has 2 aromatic heterocycles. The van der Waals surface area contributed by atoms with Crippen LogP contribution >= 0.6 is 0 Å². The van der Waals surface area contributed by atoms with E-state index in [1.807, 2.05) is 0 Å². The number of nitrogens with one attached hydrogen (secondary N) is 1. The van der Waals surface area contributed by atoms with E-state index >= 15 is 0 Å². The fraction of sp³-hybridized carbons (Fsp3) is 0.111. The second kappa shape index (κ2) is 3.87. The molecule has 0 aliphatic rings. The zero-order chi connectivity index (χ0) is 10.7. The first-order valence-corrected chi connectivity index (χ1v) is 4.33. The number of rotatable bonds is 2. The van der Waals surface area contributed by atoms with Crippen LogP contribution < -0.4 is 4.90 Å². The first-order chi connectivity index (χ1) is 7.29. The Balaban J connectivity index is 2.23. The van der Waals surface area contributed by atoms with E-state index in [-0.39, 0.29) is 11.6 Å². The van der Waals surface area contributed by atoms with Gasteiger partial charge < -0.3 is 4.90 Å². The molecule has 0 fully saturated rings. The van der Waals surface area contributed by atoms with Crippen LogP contribution in [0.1, 0.15) is 10.5 Å². The Morgan fingerprint density at radius 1 is 1.40 bits per heavy atom. The Kier molecular flexibility index (Phi) is 2.40. The molecular formula is C9H9N5O. The first kappa shape index (κ1) is 9.32. The van der Waals surface area contributed by atoms with Crippen LogP contribution in [0.25, 0.3) is 0 Å². The number of carbonyl (C=O) groups is 1. The molecule has 2 aromatic rings. The van der Waals surface area contributed by atoms with Gasteiger partial charge in [0.25, 0.3) is 5.91 Å². The number of carbonyl (C=O) groups excluding carboxylic acids is 1. The number of hydrogen-bond donors (Lipinski definition) is 1. The van der Waals surface area contributed by atoms with Crippen LogP contribution in [0.5, 0.6) is 0 Å². The number of aromatic amines is 1. The maximum atomic E-state index is 11.8. The van der Waals surface area contributed by atoms with Gasteiger partial charge in [-0.2, -0.15) is 15.4 Å². The minimum atomic E-state index is -0.213. The minimum Gasteiger partial charge on any atom is -0.310 e. The highest BCUT2D eigenvalue weighted by Crippen LogP contribution is 2.11. The van der Waals surface area contributed by atoms with Crippen LogP contribution in [0.3, 0.4) is 0 Å². The average Bonchev–Trinajstić information content (AvgIpc) is 2.82. The van der Waals surface area contributed by atoms with Crippen molar-refractivity contribution in [1.29, 1.82) is 0 Å². The lowest BCUT2D eigenvalue weighted by molar-refractivity contribution is 0.0988. The van der Waals surface area contributed by atoms with Crippen LogP contribution in [-0.4, -0.2) is 33.3 Å². The van der Waals surface area contributed by atoms with Crippen LogP contribution in [-0.2, 0) is 0 Å². The highest BCUT2D eigenvalue weighted by Gasteiger charge is 2.15. The molecule has 6 heteroatoms. The molecule has 0 aromatic carbocycles. The summed E-state index contributed by atoms with van der Waals surface area (Å²) >= 11 is 0. The second-order valence-electron chi connectivity index (χ2n) is 2.92. The summed E-state index contributed by atoms with van der Waals surface area (Å²) in [6, 6.07) is 3.50. The van der Waals surface area contributed by atoms with E-state index in [1.54, 1.807) is 31.6 Å². The van der Waals surface area contributed by atoms with Gasteiger partial charge in [0, 0.05) is 25.1 Å². The largest absolute Gasteiger partial charge is 0.310 e. The number of aromatic nitrogens is 4. The third-order valence-corrected chi connectivity index (χ3v) is 1.99. The van der Waals surface area contributed by atoms with Gasteiger partial charge in [0.15, 0.2) is 5.69 Å². The molecule has 1 N–H and O–H groups in total. The zero-order valence-electron chi connectivity index (χ0n) is 8.08. The Labute approximate surface area is 85.9 Å². The Morgan fingerprint density at radius 2 is 2.13 bits per heavy atom. The monoisotopic (exact) mass is 203 g/mol. The van der Waals surface area contributed by atoms with Crippen molar-refractivity contribution in [2.24, 2.45) is 0 Å². The van der Waals surface area contributed by atoms with Gasteiger partial charge in [-0.25, -0.2) is 0 Å². The molecule has 0 saturated heterocycles. The number of pyridine rings is 1. The number of H-pyrrole nitrogens is 1. The molecule has 2 heterocycles. The highest BCUT2D eigenvalue weighted by atomic mass is 16.2. The summed E-state index contributed by atoms with van der Waals surface area (Å²) < 4.78 is 0. The molecular weight excluding hydrogens is 194 g/mol. The Hall–Kier alpha value is -2.24. The van der Waals surface area contributed by atoms with Gasteiger partial charge in [-0.05, 0) is 12.1 Å². The van der Waals surface area contributed by atoms with Crippen molar-refractivity contribution in [3.05, 3.63) is 36.4 Å². The molecule has 76 valence electrons. The van der Waals surface area contributed by atoms with E-state index in [0.29, 0.717) is 0 Å². The van der Waals surface area contributed by atoms with Crippen molar-refractivity contribution in [3.63, 3.8) is 0 Å². The lowest BCUT2D eigenvalue weighted by Crippen LogP contribution is -2.26. The zero-order valence-corrected chi connectivity index (χ0v) is 8.08. The first-order valence-electron chi connectivity index (χ1n) is 4.33. The predicted molar refractivity (Wildman–Crippen MR) is 53.4 cm³/mol. The quantitative estimate of drug-likeness (QED) is 0.770. The summed E-state index contributed by atoms with van der Waals surface area (Å²) in [5, 5.41) is 9.70. The van der Waals surface area contributed by atoms with Crippen molar-refractivity contribution < 1.29 is 4.79 Å². The minimum absolute atomic E-state index is 0.213. The fourth-order valence-corrected chi connectivity index (χ4v) is 1.16. The molecule has 0 unspecified atom stereocenters.